The van der Waals surface area contributed by atoms with Crippen LogP contribution < -0.4 is 5.32 Å². The van der Waals surface area contributed by atoms with Crippen LogP contribution in [-0.2, 0) is 0 Å². The van der Waals surface area contributed by atoms with Gasteiger partial charge in [-0.3, -0.25) is 0 Å². The van der Waals surface area contributed by atoms with Gasteiger partial charge in [-0.2, -0.15) is 0 Å². The van der Waals surface area contributed by atoms with Gasteiger partial charge in [-0.15, -0.1) is 0 Å². The average molecular weight is 202 g/mol. The highest BCUT2D eigenvalue weighted by atomic mass is 19.1. The third kappa shape index (κ3) is 4.38. The van der Waals surface area contributed by atoms with E-state index in [0.717, 1.165) is 25.6 Å². The van der Waals surface area contributed by atoms with Crippen molar-refractivity contribution in [2.45, 2.75) is 32.7 Å². The molecule has 0 aromatic carbocycles. The van der Waals surface area contributed by atoms with Gasteiger partial charge in [0.15, 0.2) is 0 Å². The molecule has 0 radical (unpaired) electrons. The first kappa shape index (κ1) is 11.9. The van der Waals surface area contributed by atoms with Crippen LogP contribution in [0.15, 0.2) is 0 Å². The second-order valence-electron chi connectivity index (χ2n) is 4.56. The molecule has 1 fully saturated rings. The summed E-state index contributed by atoms with van der Waals surface area (Å²) in [6, 6.07) is 0.562. The average Bonchev–Trinajstić information content (AvgIpc) is 2.16. The van der Waals surface area contributed by atoms with E-state index in [2.05, 4.69) is 24.1 Å². The predicted molar refractivity (Wildman–Crippen MR) is 58.3 cm³/mol. The lowest BCUT2D eigenvalue weighted by Gasteiger charge is -2.32. The largest absolute Gasteiger partial charge is 0.314 e. The molecule has 1 atom stereocenters. The quantitative estimate of drug-likeness (QED) is 0.729. The van der Waals surface area contributed by atoms with E-state index in [4.69, 9.17) is 0 Å². The predicted octanol–water partition coefficient (Wildman–Crippen LogP) is 1.67. The zero-order chi connectivity index (χ0) is 10.4. The van der Waals surface area contributed by atoms with E-state index < -0.39 is 0 Å². The van der Waals surface area contributed by atoms with Crippen molar-refractivity contribution in [1.82, 2.24) is 10.2 Å². The summed E-state index contributed by atoms with van der Waals surface area (Å²) in [7, 11) is 0. The van der Waals surface area contributed by atoms with E-state index >= 15 is 0 Å². The van der Waals surface area contributed by atoms with Crippen LogP contribution in [0.1, 0.15) is 26.7 Å². The molecule has 84 valence electrons. The summed E-state index contributed by atoms with van der Waals surface area (Å²) in [6.45, 7) is 8.00. The molecule has 1 aliphatic heterocycles. The second-order valence-corrected chi connectivity index (χ2v) is 4.56. The third-order valence-corrected chi connectivity index (χ3v) is 2.82. The molecule has 1 N–H and O–H groups in total. The van der Waals surface area contributed by atoms with Crippen LogP contribution in [0.5, 0.6) is 0 Å². The van der Waals surface area contributed by atoms with E-state index in [9.17, 15) is 4.39 Å². The van der Waals surface area contributed by atoms with Crippen LogP contribution in [0.3, 0.4) is 0 Å². The van der Waals surface area contributed by atoms with Crippen molar-refractivity contribution >= 4 is 0 Å². The second kappa shape index (κ2) is 6.36. The summed E-state index contributed by atoms with van der Waals surface area (Å²) >= 11 is 0. The van der Waals surface area contributed by atoms with Crippen LogP contribution in [0, 0.1) is 5.92 Å². The zero-order valence-corrected chi connectivity index (χ0v) is 9.43. The highest BCUT2D eigenvalue weighted by molar-refractivity contribution is 4.75. The van der Waals surface area contributed by atoms with E-state index in [0.29, 0.717) is 12.6 Å². The maximum Gasteiger partial charge on any atom is 0.102 e. The Labute approximate surface area is 86.9 Å². The molecule has 0 spiro atoms. The minimum absolute atomic E-state index is 0.204. The first-order valence-corrected chi connectivity index (χ1v) is 5.74. The van der Waals surface area contributed by atoms with Crippen LogP contribution in [0.4, 0.5) is 4.39 Å². The molecule has 3 heteroatoms. The molecule has 1 heterocycles. The fraction of sp³-hybridized carbons (Fsp3) is 1.00. The van der Waals surface area contributed by atoms with Crippen molar-refractivity contribution in [2.75, 3.05) is 32.9 Å². The summed E-state index contributed by atoms with van der Waals surface area (Å²) in [5.41, 5.74) is 0. The van der Waals surface area contributed by atoms with E-state index in [-0.39, 0.29) is 6.67 Å². The Hall–Kier alpha value is -0.150. The smallest absolute Gasteiger partial charge is 0.102 e. The lowest BCUT2D eigenvalue weighted by molar-refractivity contribution is 0.160. The summed E-state index contributed by atoms with van der Waals surface area (Å²) < 4.78 is 12.2. The summed E-state index contributed by atoms with van der Waals surface area (Å²) in [4.78, 5) is 2.25. The van der Waals surface area contributed by atoms with Gasteiger partial charge in [-0.1, -0.05) is 13.8 Å². The van der Waals surface area contributed by atoms with E-state index in [1.165, 1.54) is 12.8 Å². The number of nitrogens with zero attached hydrogens (tertiary/aromatic N) is 1. The fourth-order valence-corrected chi connectivity index (χ4v) is 2.04. The number of halogens is 1. The summed E-state index contributed by atoms with van der Waals surface area (Å²) in [5, 5.41) is 3.46. The molecule has 0 aromatic rings. The molecular weight excluding hydrogens is 179 g/mol. The normalized spacial score (nSPS) is 24.4. The molecule has 0 aliphatic carbocycles. The third-order valence-electron chi connectivity index (χ3n) is 2.82. The van der Waals surface area contributed by atoms with Gasteiger partial charge >= 0.3 is 0 Å². The van der Waals surface area contributed by atoms with Crippen LogP contribution in [0.25, 0.3) is 0 Å². The Kier molecular flexibility index (Phi) is 5.41. The van der Waals surface area contributed by atoms with Crippen molar-refractivity contribution in [3.63, 3.8) is 0 Å². The summed E-state index contributed by atoms with van der Waals surface area (Å²) in [5.74, 6) is 0.720. The number of hydrogen-bond acceptors (Lipinski definition) is 2. The van der Waals surface area contributed by atoms with Gasteiger partial charge in [0.2, 0.25) is 0 Å². The number of alkyl halides is 1. The fourth-order valence-electron chi connectivity index (χ4n) is 2.04. The monoisotopic (exact) mass is 202 g/mol. The van der Waals surface area contributed by atoms with Gasteiger partial charge in [0.25, 0.3) is 0 Å². The standard InChI is InChI=1S/C11H23FN2/c1-10(2)13-8-11-4-3-6-14(9-11)7-5-12/h10-11,13H,3-9H2,1-2H3. The highest BCUT2D eigenvalue weighted by Crippen LogP contribution is 2.15. The molecule has 0 aromatic heterocycles. The van der Waals surface area contributed by atoms with Gasteiger partial charge in [0.1, 0.15) is 6.67 Å². The maximum absolute atomic E-state index is 12.2. The molecular formula is C11H23FN2. The summed E-state index contributed by atoms with van der Waals surface area (Å²) in [6.07, 6.45) is 2.52. The number of nitrogens with one attached hydrogen (secondary N) is 1. The van der Waals surface area contributed by atoms with Gasteiger partial charge in [-0.25, -0.2) is 4.39 Å². The first-order valence-electron chi connectivity index (χ1n) is 5.74. The van der Waals surface area contributed by atoms with Crippen molar-refractivity contribution in [1.29, 1.82) is 0 Å². The van der Waals surface area contributed by atoms with Crippen molar-refractivity contribution in [3.8, 4) is 0 Å². The van der Waals surface area contributed by atoms with Crippen molar-refractivity contribution in [2.24, 2.45) is 5.92 Å². The minimum Gasteiger partial charge on any atom is -0.314 e. The zero-order valence-electron chi connectivity index (χ0n) is 9.43. The molecule has 1 rings (SSSR count). The number of rotatable bonds is 5. The number of piperidine rings is 1. The Morgan fingerprint density at radius 2 is 2.29 bits per heavy atom. The highest BCUT2D eigenvalue weighted by Gasteiger charge is 2.19. The lowest BCUT2D eigenvalue weighted by atomic mass is 9.98. The molecule has 1 unspecified atom stereocenters. The lowest BCUT2D eigenvalue weighted by Crippen LogP contribution is -2.41. The van der Waals surface area contributed by atoms with Crippen LogP contribution in [0.2, 0.25) is 0 Å². The Bertz CT molecular complexity index is 148. The molecule has 1 saturated heterocycles. The maximum atomic E-state index is 12.2. The Balaban J connectivity index is 2.18. The molecule has 0 bridgehead atoms. The van der Waals surface area contributed by atoms with Crippen molar-refractivity contribution in [3.05, 3.63) is 0 Å². The topological polar surface area (TPSA) is 15.3 Å². The minimum atomic E-state index is -0.204. The first-order chi connectivity index (χ1) is 6.72. The van der Waals surface area contributed by atoms with Gasteiger partial charge in [-0.05, 0) is 31.8 Å². The number of likely N-dealkylation sites (tertiary alicyclic amines) is 1. The number of hydrogen-bond donors (Lipinski definition) is 1. The molecule has 0 saturated carbocycles. The van der Waals surface area contributed by atoms with Gasteiger partial charge in [0, 0.05) is 19.1 Å². The molecule has 0 amide bonds. The van der Waals surface area contributed by atoms with E-state index in [1.54, 1.807) is 0 Å². The van der Waals surface area contributed by atoms with E-state index in [1.807, 2.05) is 0 Å². The SMILES string of the molecule is CC(C)NCC1CCCN(CCF)C1. The van der Waals surface area contributed by atoms with Crippen molar-refractivity contribution < 1.29 is 4.39 Å². The Morgan fingerprint density at radius 3 is 2.93 bits per heavy atom. The van der Waals surface area contributed by atoms with Crippen LogP contribution >= 0.6 is 0 Å². The van der Waals surface area contributed by atoms with Crippen LogP contribution in [-0.4, -0.2) is 43.8 Å². The van der Waals surface area contributed by atoms with Gasteiger partial charge in [0.05, 0.1) is 0 Å². The molecule has 2 nitrogen and oxygen atoms in total. The molecule has 14 heavy (non-hydrogen) atoms. The van der Waals surface area contributed by atoms with Gasteiger partial charge < -0.3 is 10.2 Å². The Morgan fingerprint density at radius 1 is 1.50 bits per heavy atom. The molecule has 1 aliphatic rings.